The standard InChI is InChI=1S/C21H29N3O/c1-17-10-12-24(13-11-17)16-19-14-18(8-9-21(19)25-2)15-22-23-20-6-4-3-5-7-20/h3-9,14,17,22-23H,10-13,15-16H2,1-2H3. The molecule has 0 aromatic heterocycles. The summed E-state index contributed by atoms with van der Waals surface area (Å²) in [4.78, 5) is 2.54. The number of rotatable bonds is 7. The first-order valence-corrected chi connectivity index (χ1v) is 9.16. The highest BCUT2D eigenvalue weighted by molar-refractivity contribution is 5.41. The quantitative estimate of drug-likeness (QED) is 0.746. The first-order chi connectivity index (χ1) is 12.2. The molecule has 4 heteroatoms. The predicted molar refractivity (Wildman–Crippen MR) is 104 cm³/mol. The van der Waals surface area contributed by atoms with E-state index in [0.717, 1.165) is 30.4 Å². The van der Waals surface area contributed by atoms with Crippen molar-refractivity contribution in [3.05, 3.63) is 59.7 Å². The first kappa shape index (κ1) is 17.8. The fraction of sp³-hybridized carbons (Fsp3) is 0.429. The second-order valence-electron chi connectivity index (χ2n) is 6.95. The SMILES string of the molecule is COc1ccc(CNNc2ccccc2)cc1CN1CCC(C)CC1. The number of benzene rings is 2. The van der Waals surface area contributed by atoms with Crippen molar-refractivity contribution in [3.8, 4) is 5.75 Å². The van der Waals surface area contributed by atoms with Gasteiger partial charge in [0.2, 0.25) is 0 Å². The third kappa shape index (κ3) is 5.21. The molecule has 1 saturated heterocycles. The molecule has 134 valence electrons. The molecule has 0 saturated carbocycles. The molecule has 2 aromatic rings. The summed E-state index contributed by atoms with van der Waals surface area (Å²) in [6.45, 7) is 6.45. The van der Waals surface area contributed by atoms with Gasteiger partial charge in [0.25, 0.3) is 0 Å². The van der Waals surface area contributed by atoms with Crippen molar-refractivity contribution >= 4 is 5.69 Å². The summed E-state index contributed by atoms with van der Waals surface area (Å²) in [6, 6.07) is 16.6. The Morgan fingerprint density at radius 3 is 2.56 bits per heavy atom. The van der Waals surface area contributed by atoms with E-state index in [2.05, 4.69) is 40.9 Å². The van der Waals surface area contributed by atoms with Crippen LogP contribution in [-0.2, 0) is 13.1 Å². The Kier molecular flexibility index (Phi) is 6.31. The van der Waals surface area contributed by atoms with Gasteiger partial charge in [-0.2, -0.15) is 0 Å². The van der Waals surface area contributed by atoms with E-state index in [4.69, 9.17) is 4.74 Å². The van der Waals surface area contributed by atoms with Gasteiger partial charge in [0.15, 0.2) is 0 Å². The van der Waals surface area contributed by atoms with Crippen LogP contribution in [0.5, 0.6) is 5.75 Å². The Bertz CT molecular complexity index is 651. The number of hydrazine groups is 1. The van der Waals surface area contributed by atoms with Crippen LogP contribution < -0.4 is 15.6 Å². The molecule has 0 aliphatic carbocycles. The van der Waals surface area contributed by atoms with Crippen molar-refractivity contribution in [1.82, 2.24) is 10.3 Å². The number of ether oxygens (including phenoxy) is 1. The van der Waals surface area contributed by atoms with Gasteiger partial charge in [-0.25, -0.2) is 5.43 Å². The van der Waals surface area contributed by atoms with Crippen LogP contribution in [0.1, 0.15) is 30.9 Å². The number of piperidine rings is 1. The van der Waals surface area contributed by atoms with Gasteiger partial charge in [0, 0.05) is 24.3 Å². The molecule has 3 rings (SSSR count). The number of nitrogens with zero attached hydrogens (tertiary/aromatic N) is 1. The molecule has 1 aliphatic rings. The lowest BCUT2D eigenvalue weighted by Gasteiger charge is -2.30. The van der Waals surface area contributed by atoms with Gasteiger partial charge in [-0.1, -0.05) is 31.2 Å². The van der Waals surface area contributed by atoms with Gasteiger partial charge in [0.05, 0.1) is 7.11 Å². The fourth-order valence-electron chi connectivity index (χ4n) is 3.30. The smallest absolute Gasteiger partial charge is 0.123 e. The van der Waals surface area contributed by atoms with Crippen molar-refractivity contribution in [2.24, 2.45) is 5.92 Å². The summed E-state index contributed by atoms with van der Waals surface area (Å²) in [5.41, 5.74) is 10.1. The Labute approximate surface area is 151 Å². The summed E-state index contributed by atoms with van der Waals surface area (Å²) in [5, 5.41) is 0. The van der Waals surface area contributed by atoms with E-state index in [0.29, 0.717) is 0 Å². The number of methoxy groups -OCH3 is 1. The van der Waals surface area contributed by atoms with Crippen LogP contribution in [0.2, 0.25) is 0 Å². The minimum absolute atomic E-state index is 0.767. The van der Waals surface area contributed by atoms with Gasteiger partial charge in [-0.05, 0) is 61.7 Å². The summed E-state index contributed by atoms with van der Waals surface area (Å²) in [5.74, 6) is 1.84. The maximum atomic E-state index is 5.57. The van der Waals surface area contributed by atoms with Gasteiger partial charge >= 0.3 is 0 Å². The van der Waals surface area contributed by atoms with Crippen molar-refractivity contribution in [2.75, 3.05) is 25.6 Å². The molecule has 25 heavy (non-hydrogen) atoms. The van der Waals surface area contributed by atoms with Crippen LogP contribution in [0.25, 0.3) is 0 Å². The molecule has 0 spiro atoms. The first-order valence-electron chi connectivity index (χ1n) is 9.16. The molecule has 0 radical (unpaired) electrons. The van der Waals surface area contributed by atoms with Gasteiger partial charge in [0.1, 0.15) is 5.75 Å². The molecule has 1 aliphatic heterocycles. The fourth-order valence-corrected chi connectivity index (χ4v) is 3.30. The second kappa shape index (κ2) is 8.88. The number of anilines is 1. The number of hydrogen-bond acceptors (Lipinski definition) is 4. The Morgan fingerprint density at radius 2 is 1.84 bits per heavy atom. The van der Waals surface area contributed by atoms with Gasteiger partial charge in [-0.15, -0.1) is 0 Å². The highest BCUT2D eigenvalue weighted by Gasteiger charge is 2.17. The third-order valence-electron chi connectivity index (χ3n) is 4.91. The Balaban J connectivity index is 1.59. The second-order valence-corrected chi connectivity index (χ2v) is 6.95. The van der Waals surface area contributed by atoms with Crippen molar-refractivity contribution in [1.29, 1.82) is 0 Å². The molecule has 1 fully saturated rings. The highest BCUT2D eigenvalue weighted by Crippen LogP contribution is 2.24. The minimum Gasteiger partial charge on any atom is -0.496 e. The van der Waals surface area contributed by atoms with Crippen LogP contribution in [0, 0.1) is 5.92 Å². The number of likely N-dealkylation sites (tertiary alicyclic amines) is 1. The molecule has 2 aromatic carbocycles. The van der Waals surface area contributed by atoms with E-state index in [1.165, 1.54) is 37.1 Å². The Hall–Kier alpha value is -2.04. The lowest BCUT2D eigenvalue weighted by molar-refractivity contribution is 0.183. The highest BCUT2D eigenvalue weighted by atomic mass is 16.5. The average Bonchev–Trinajstić information content (AvgIpc) is 2.65. The molecular weight excluding hydrogens is 310 g/mol. The van der Waals surface area contributed by atoms with E-state index < -0.39 is 0 Å². The largest absolute Gasteiger partial charge is 0.496 e. The normalized spacial score (nSPS) is 15.9. The summed E-state index contributed by atoms with van der Waals surface area (Å²) < 4.78 is 5.57. The third-order valence-corrected chi connectivity index (χ3v) is 4.91. The molecule has 0 unspecified atom stereocenters. The van der Waals surface area contributed by atoms with Crippen molar-refractivity contribution in [2.45, 2.75) is 32.9 Å². The summed E-state index contributed by atoms with van der Waals surface area (Å²) >= 11 is 0. The van der Waals surface area contributed by atoms with Gasteiger partial charge < -0.3 is 10.2 Å². The van der Waals surface area contributed by atoms with Crippen LogP contribution in [0.15, 0.2) is 48.5 Å². The van der Waals surface area contributed by atoms with Gasteiger partial charge in [-0.3, -0.25) is 4.90 Å². The summed E-state index contributed by atoms with van der Waals surface area (Å²) in [7, 11) is 1.76. The maximum Gasteiger partial charge on any atom is 0.123 e. The van der Waals surface area contributed by atoms with E-state index in [1.54, 1.807) is 7.11 Å². The lowest BCUT2D eigenvalue weighted by atomic mass is 9.98. The molecule has 0 bridgehead atoms. The van der Waals surface area contributed by atoms with Crippen molar-refractivity contribution in [3.63, 3.8) is 0 Å². The average molecular weight is 339 g/mol. The molecule has 2 N–H and O–H groups in total. The van der Waals surface area contributed by atoms with E-state index in [-0.39, 0.29) is 0 Å². The summed E-state index contributed by atoms with van der Waals surface area (Å²) in [6.07, 6.45) is 2.59. The number of para-hydroxylation sites is 1. The van der Waals surface area contributed by atoms with Crippen LogP contribution in [0.4, 0.5) is 5.69 Å². The maximum absolute atomic E-state index is 5.57. The Morgan fingerprint density at radius 1 is 1.08 bits per heavy atom. The zero-order valence-corrected chi connectivity index (χ0v) is 15.3. The molecule has 1 heterocycles. The molecule has 0 amide bonds. The van der Waals surface area contributed by atoms with E-state index >= 15 is 0 Å². The topological polar surface area (TPSA) is 36.5 Å². The van der Waals surface area contributed by atoms with Crippen LogP contribution in [-0.4, -0.2) is 25.1 Å². The van der Waals surface area contributed by atoms with Crippen molar-refractivity contribution < 1.29 is 4.74 Å². The van der Waals surface area contributed by atoms with Crippen LogP contribution in [0.3, 0.4) is 0 Å². The van der Waals surface area contributed by atoms with E-state index in [1.807, 2.05) is 30.3 Å². The molecule has 4 nitrogen and oxygen atoms in total. The number of nitrogens with one attached hydrogen (secondary N) is 2. The minimum atomic E-state index is 0.767. The zero-order valence-electron chi connectivity index (χ0n) is 15.3. The van der Waals surface area contributed by atoms with E-state index in [9.17, 15) is 0 Å². The van der Waals surface area contributed by atoms with Crippen LogP contribution >= 0.6 is 0 Å². The monoisotopic (exact) mass is 339 g/mol. The lowest BCUT2D eigenvalue weighted by Crippen LogP contribution is -2.32. The number of hydrogen-bond donors (Lipinski definition) is 2. The zero-order chi connectivity index (χ0) is 17.5. The predicted octanol–water partition coefficient (Wildman–Crippen LogP) is 4.04. The molecular formula is C21H29N3O. The molecule has 0 atom stereocenters.